The van der Waals surface area contributed by atoms with Crippen LogP contribution < -0.4 is 10.1 Å². The molecule has 1 aliphatic heterocycles. The van der Waals surface area contributed by atoms with Gasteiger partial charge in [-0.05, 0) is 43.5 Å². The molecule has 0 atom stereocenters. The second-order valence-corrected chi connectivity index (χ2v) is 5.33. The predicted molar refractivity (Wildman–Crippen MR) is 81.3 cm³/mol. The molecule has 0 bridgehead atoms. The predicted octanol–water partition coefficient (Wildman–Crippen LogP) is 2.82. The van der Waals surface area contributed by atoms with E-state index in [1.807, 2.05) is 30.0 Å². The summed E-state index contributed by atoms with van der Waals surface area (Å²) in [5, 5.41) is 3.21. The fourth-order valence-corrected chi connectivity index (χ4v) is 2.60. The van der Waals surface area contributed by atoms with E-state index in [0.717, 1.165) is 42.9 Å². The Labute approximate surface area is 121 Å². The number of nitrogens with zero attached hydrogens (tertiary/aromatic N) is 1. The van der Waals surface area contributed by atoms with Gasteiger partial charge in [0.1, 0.15) is 5.75 Å². The van der Waals surface area contributed by atoms with Gasteiger partial charge >= 0.3 is 0 Å². The van der Waals surface area contributed by atoms with Gasteiger partial charge < -0.3 is 15.0 Å². The molecule has 0 aromatic heterocycles. The van der Waals surface area contributed by atoms with Gasteiger partial charge in [-0.3, -0.25) is 4.79 Å². The summed E-state index contributed by atoms with van der Waals surface area (Å²) in [5.41, 5.74) is 2.03. The molecule has 110 valence electrons. The minimum atomic E-state index is 0.195. The van der Waals surface area contributed by atoms with Crippen LogP contribution in [0, 0.1) is 6.92 Å². The number of nitrogens with one attached hydrogen (secondary N) is 1. The molecule has 4 nitrogen and oxygen atoms in total. The zero-order chi connectivity index (χ0) is 14.4. The molecule has 1 heterocycles. The maximum Gasteiger partial charge on any atom is 0.241 e. The highest BCUT2D eigenvalue weighted by molar-refractivity contribution is 5.81. The van der Waals surface area contributed by atoms with Crippen molar-refractivity contribution >= 4 is 11.6 Å². The second-order valence-electron chi connectivity index (χ2n) is 5.33. The molecule has 20 heavy (non-hydrogen) atoms. The average molecular weight is 276 g/mol. The van der Waals surface area contributed by atoms with E-state index in [4.69, 9.17) is 4.74 Å². The number of benzene rings is 1. The van der Waals surface area contributed by atoms with Crippen molar-refractivity contribution in [1.82, 2.24) is 4.90 Å². The average Bonchev–Trinajstić information content (AvgIpc) is 2.74. The maximum atomic E-state index is 12.2. The third-order valence-electron chi connectivity index (χ3n) is 3.80. The molecule has 0 aliphatic carbocycles. The zero-order valence-electron chi connectivity index (χ0n) is 12.4. The van der Waals surface area contributed by atoms with Crippen molar-refractivity contribution in [3.63, 3.8) is 0 Å². The van der Waals surface area contributed by atoms with Crippen LogP contribution >= 0.6 is 0 Å². The number of aryl methyl sites for hydroxylation is 1. The molecule has 1 amide bonds. The van der Waals surface area contributed by atoms with Gasteiger partial charge in [0.15, 0.2) is 0 Å². The Balaban J connectivity index is 1.87. The number of carbonyl (C=O) groups excluding carboxylic acids is 1. The molecular weight excluding hydrogens is 252 g/mol. The van der Waals surface area contributed by atoms with Crippen LogP contribution in [0.3, 0.4) is 0 Å². The van der Waals surface area contributed by atoms with Crippen LogP contribution in [0.15, 0.2) is 18.2 Å². The highest BCUT2D eigenvalue weighted by atomic mass is 16.5. The summed E-state index contributed by atoms with van der Waals surface area (Å²) in [6, 6.07) is 5.88. The van der Waals surface area contributed by atoms with Crippen molar-refractivity contribution in [3.05, 3.63) is 23.8 Å². The first-order valence-corrected chi connectivity index (χ1v) is 7.37. The minimum Gasteiger partial charge on any atom is -0.496 e. The summed E-state index contributed by atoms with van der Waals surface area (Å²) >= 11 is 0. The number of likely N-dealkylation sites (tertiary alicyclic amines) is 1. The van der Waals surface area contributed by atoms with Crippen LogP contribution in [0.5, 0.6) is 5.75 Å². The van der Waals surface area contributed by atoms with E-state index in [9.17, 15) is 4.79 Å². The monoisotopic (exact) mass is 276 g/mol. The van der Waals surface area contributed by atoms with E-state index in [2.05, 4.69) is 5.32 Å². The van der Waals surface area contributed by atoms with Crippen molar-refractivity contribution < 1.29 is 9.53 Å². The van der Waals surface area contributed by atoms with Crippen LogP contribution in [0.4, 0.5) is 5.69 Å². The molecule has 0 spiro atoms. The quantitative estimate of drug-likeness (QED) is 0.919. The van der Waals surface area contributed by atoms with Gasteiger partial charge in [0.05, 0.1) is 13.7 Å². The van der Waals surface area contributed by atoms with E-state index < -0.39 is 0 Å². The highest BCUT2D eigenvalue weighted by Gasteiger charge is 2.14. The third-order valence-corrected chi connectivity index (χ3v) is 3.80. The number of hydrogen-bond donors (Lipinski definition) is 1. The van der Waals surface area contributed by atoms with Gasteiger partial charge in [-0.1, -0.05) is 12.8 Å². The maximum absolute atomic E-state index is 12.2. The Morgan fingerprint density at radius 2 is 1.95 bits per heavy atom. The number of anilines is 1. The fourth-order valence-electron chi connectivity index (χ4n) is 2.60. The molecule has 2 rings (SSSR count). The van der Waals surface area contributed by atoms with Crippen LogP contribution in [0.1, 0.15) is 31.2 Å². The normalized spacial score (nSPS) is 15.6. The molecule has 4 heteroatoms. The lowest BCUT2D eigenvalue weighted by atomic mass is 10.2. The molecular formula is C16H24N2O2. The van der Waals surface area contributed by atoms with Gasteiger partial charge in [-0.15, -0.1) is 0 Å². The molecule has 0 radical (unpaired) electrons. The number of rotatable bonds is 4. The van der Waals surface area contributed by atoms with E-state index in [0.29, 0.717) is 6.54 Å². The number of hydrogen-bond acceptors (Lipinski definition) is 3. The first kappa shape index (κ1) is 14.7. The van der Waals surface area contributed by atoms with Gasteiger partial charge in [-0.25, -0.2) is 0 Å². The number of ether oxygens (including phenoxy) is 1. The SMILES string of the molecule is COc1ccc(NCC(=O)N2CCCCCC2)cc1C. The first-order chi connectivity index (χ1) is 9.70. The lowest BCUT2D eigenvalue weighted by Crippen LogP contribution is -2.36. The van der Waals surface area contributed by atoms with Crippen molar-refractivity contribution in [3.8, 4) is 5.75 Å². The fraction of sp³-hybridized carbons (Fsp3) is 0.562. The Morgan fingerprint density at radius 1 is 1.25 bits per heavy atom. The molecule has 1 fully saturated rings. The Morgan fingerprint density at radius 3 is 2.55 bits per heavy atom. The Hall–Kier alpha value is -1.71. The van der Waals surface area contributed by atoms with Gasteiger partial charge in [0.25, 0.3) is 0 Å². The van der Waals surface area contributed by atoms with Crippen molar-refractivity contribution in [2.75, 3.05) is 32.1 Å². The smallest absolute Gasteiger partial charge is 0.241 e. The van der Waals surface area contributed by atoms with E-state index in [1.165, 1.54) is 12.8 Å². The van der Waals surface area contributed by atoms with Crippen LogP contribution in [-0.4, -0.2) is 37.6 Å². The lowest BCUT2D eigenvalue weighted by molar-refractivity contribution is -0.129. The molecule has 1 aliphatic rings. The summed E-state index contributed by atoms with van der Waals surface area (Å²) in [4.78, 5) is 14.2. The molecule has 1 aromatic carbocycles. The van der Waals surface area contributed by atoms with Crippen molar-refractivity contribution in [2.24, 2.45) is 0 Å². The Bertz CT molecular complexity index is 452. The number of carbonyl (C=O) groups is 1. The molecule has 1 saturated heterocycles. The molecule has 1 N–H and O–H groups in total. The van der Waals surface area contributed by atoms with E-state index in [-0.39, 0.29) is 5.91 Å². The standard InChI is InChI=1S/C16H24N2O2/c1-13-11-14(7-8-15(13)20-2)17-12-16(19)18-9-5-3-4-6-10-18/h7-8,11,17H,3-6,9-10,12H2,1-2H3. The molecule has 0 unspecified atom stereocenters. The van der Waals surface area contributed by atoms with E-state index in [1.54, 1.807) is 7.11 Å². The summed E-state index contributed by atoms with van der Waals surface area (Å²) in [6.07, 6.45) is 4.75. The largest absolute Gasteiger partial charge is 0.496 e. The number of amides is 1. The van der Waals surface area contributed by atoms with Gasteiger partial charge in [0.2, 0.25) is 5.91 Å². The van der Waals surface area contributed by atoms with Crippen molar-refractivity contribution in [2.45, 2.75) is 32.6 Å². The number of methoxy groups -OCH3 is 1. The summed E-state index contributed by atoms with van der Waals surface area (Å²) in [7, 11) is 1.66. The second kappa shape index (κ2) is 7.17. The van der Waals surface area contributed by atoms with Crippen LogP contribution in [0.2, 0.25) is 0 Å². The van der Waals surface area contributed by atoms with Gasteiger partial charge in [0, 0.05) is 18.8 Å². The Kier molecular flexibility index (Phi) is 5.27. The van der Waals surface area contributed by atoms with Crippen molar-refractivity contribution in [1.29, 1.82) is 0 Å². The minimum absolute atomic E-state index is 0.195. The summed E-state index contributed by atoms with van der Waals surface area (Å²) < 4.78 is 5.23. The van der Waals surface area contributed by atoms with E-state index >= 15 is 0 Å². The molecule has 0 saturated carbocycles. The van der Waals surface area contributed by atoms with Crippen LogP contribution in [-0.2, 0) is 4.79 Å². The summed E-state index contributed by atoms with van der Waals surface area (Å²) in [6.45, 7) is 4.18. The zero-order valence-corrected chi connectivity index (χ0v) is 12.4. The van der Waals surface area contributed by atoms with Gasteiger partial charge in [-0.2, -0.15) is 0 Å². The molecule has 1 aromatic rings. The van der Waals surface area contributed by atoms with Crippen LogP contribution in [0.25, 0.3) is 0 Å². The third kappa shape index (κ3) is 3.89. The lowest BCUT2D eigenvalue weighted by Gasteiger charge is -2.20. The highest BCUT2D eigenvalue weighted by Crippen LogP contribution is 2.21. The first-order valence-electron chi connectivity index (χ1n) is 7.37. The topological polar surface area (TPSA) is 41.6 Å². The summed E-state index contributed by atoms with van der Waals surface area (Å²) in [5.74, 6) is 1.06.